The Balaban J connectivity index is 2.93. The molecule has 16 heavy (non-hydrogen) atoms. The molecule has 2 rings (SSSR count). The van der Waals surface area contributed by atoms with E-state index in [0.29, 0.717) is 11.3 Å². The molecule has 2 aromatic rings. The minimum Gasteiger partial charge on any atom is -0.495 e. The molecular weight excluding hydrogens is 226 g/mol. The minimum atomic E-state index is -0.0769. The Kier molecular flexibility index (Phi) is 2.88. The predicted molar refractivity (Wildman–Crippen MR) is 65.3 cm³/mol. The zero-order valence-corrected chi connectivity index (χ0v) is 9.91. The number of pyridine rings is 1. The highest BCUT2D eigenvalue weighted by Crippen LogP contribution is 2.24. The zero-order valence-electron chi connectivity index (χ0n) is 9.16. The zero-order chi connectivity index (χ0) is 11.7. The van der Waals surface area contributed by atoms with Crippen LogP contribution in [0.1, 0.15) is 5.56 Å². The number of halogens is 1. The number of benzene rings is 1. The summed E-state index contributed by atoms with van der Waals surface area (Å²) in [5.41, 5.74) is 1.32. The van der Waals surface area contributed by atoms with Gasteiger partial charge in [0.05, 0.1) is 18.5 Å². The molecular formula is C12H12ClNO2. The van der Waals surface area contributed by atoms with E-state index in [-0.39, 0.29) is 11.4 Å². The SMILES string of the molecule is COc1cccc2cc(CCl)c(=O)n(C)c12. The van der Waals surface area contributed by atoms with Gasteiger partial charge in [0.2, 0.25) is 0 Å². The molecule has 0 bridgehead atoms. The lowest BCUT2D eigenvalue weighted by molar-refractivity contribution is 0.417. The molecule has 0 amide bonds. The van der Waals surface area contributed by atoms with Gasteiger partial charge in [-0.3, -0.25) is 4.79 Å². The van der Waals surface area contributed by atoms with Crippen LogP contribution in [0.4, 0.5) is 0 Å². The fourth-order valence-corrected chi connectivity index (χ4v) is 2.03. The van der Waals surface area contributed by atoms with E-state index in [1.165, 1.54) is 0 Å². The number of para-hydroxylation sites is 1. The number of nitrogens with zero attached hydrogens (tertiary/aromatic N) is 1. The molecule has 1 aromatic carbocycles. The molecule has 0 saturated heterocycles. The van der Waals surface area contributed by atoms with Gasteiger partial charge in [-0.25, -0.2) is 0 Å². The Bertz CT molecular complexity index is 589. The second kappa shape index (κ2) is 4.18. The Hall–Kier alpha value is -1.48. The van der Waals surface area contributed by atoms with E-state index < -0.39 is 0 Å². The van der Waals surface area contributed by atoms with Gasteiger partial charge < -0.3 is 9.30 Å². The highest BCUT2D eigenvalue weighted by Gasteiger charge is 2.09. The lowest BCUT2D eigenvalue weighted by Crippen LogP contribution is -2.20. The van der Waals surface area contributed by atoms with Crippen LogP contribution in [0.15, 0.2) is 29.1 Å². The Morgan fingerprint density at radius 3 is 2.81 bits per heavy atom. The number of aryl methyl sites for hydroxylation is 1. The van der Waals surface area contributed by atoms with Crippen molar-refractivity contribution < 1.29 is 4.74 Å². The van der Waals surface area contributed by atoms with Crippen LogP contribution in [0.25, 0.3) is 10.9 Å². The van der Waals surface area contributed by atoms with E-state index in [0.717, 1.165) is 10.9 Å². The third-order valence-electron chi connectivity index (χ3n) is 2.64. The second-order valence-electron chi connectivity index (χ2n) is 3.57. The third-order valence-corrected chi connectivity index (χ3v) is 2.93. The average Bonchev–Trinajstić information content (AvgIpc) is 2.32. The molecule has 0 aliphatic heterocycles. The fourth-order valence-electron chi connectivity index (χ4n) is 1.84. The maximum atomic E-state index is 11.9. The fraction of sp³-hybridized carbons (Fsp3) is 0.250. The molecule has 0 fully saturated rings. The summed E-state index contributed by atoms with van der Waals surface area (Å²) < 4.78 is 6.82. The second-order valence-corrected chi connectivity index (χ2v) is 3.83. The molecule has 0 radical (unpaired) electrons. The minimum absolute atomic E-state index is 0.0769. The quantitative estimate of drug-likeness (QED) is 0.751. The maximum absolute atomic E-state index is 11.9. The molecule has 4 heteroatoms. The first-order valence-electron chi connectivity index (χ1n) is 4.90. The number of fused-ring (bicyclic) bond motifs is 1. The van der Waals surface area contributed by atoms with Crippen molar-refractivity contribution >= 4 is 22.5 Å². The summed E-state index contributed by atoms with van der Waals surface area (Å²) in [6, 6.07) is 7.48. The van der Waals surface area contributed by atoms with Gasteiger partial charge in [0.15, 0.2) is 0 Å². The highest BCUT2D eigenvalue weighted by atomic mass is 35.5. The molecule has 0 aliphatic carbocycles. The highest BCUT2D eigenvalue weighted by molar-refractivity contribution is 6.17. The van der Waals surface area contributed by atoms with Crippen molar-refractivity contribution in [3.05, 3.63) is 40.2 Å². The molecule has 84 valence electrons. The van der Waals surface area contributed by atoms with E-state index in [9.17, 15) is 4.79 Å². The van der Waals surface area contributed by atoms with E-state index in [4.69, 9.17) is 16.3 Å². The summed E-state index contributed by atoms with van der Waals surface area (Å²) in [5.74, 6) is 0.915. The van der Waals surface area contributed by atoms with Gasteiger partial charge >= 0.3 is 0 Å². The number of ether oxygens (including phenoxy) is 1. The Morgan fingerprint density at radius 1 is 1.44 bits per heavy atom. The molecule has 0 unspecified atom stereocenters. The van der Waals surface area contributed by atoms with Gasteiger partial charge in [-0.1, -0.05) is 12.1 Å². The van der Waals surface area contributed by atoms with Gasteiger partial charge in [0.1, 0.15) is 5.75 Å². The van der Waals surface area contributed by atoms with E-state index in [2.05, 4.69) is 0 Å². The summed E-state index contributed by atoms with van der Waals surface area (Å²) in [7, 11) is 3.32. The monoisotopic (exact) mass is 237 g/mol. The van der Waals surface area contributed by atoms with Crippen molar-refractivity contribution in [2.24, 2.45) is 7.05 Å². The van der Waals surface area contributed by atoms with Crippen molar-refractivity contribution in [3.8, 4) is 5.75 Å². The van der Waals surface area contributed by atoms with Crippen LogP contribution in [-0.4, -0.2) is 11.7 Å². The molecule has 3 nitrogen and oxygen atoms in total. The normalized spacial score (nSPS) is 10.7. The van der Waals surface area contributed by atoms with Crippen LogP contribution in [-0.2, 0) is 12.9 Å². The molecule has 1 heterocycles. The molecule has 0 spiro atoms. The number of alkyl halides is 1. The van der Waals surface area contributed by atoms with Crippen molar-refractivity contribution in [2.75, 3.05) is 7.11 Å². The number of rotatable bonds is 2. The van der Waals surface area contributed by atoms with Crippen LogP contribution < -0.4 is 10.3 Å². The Morgan fingerprint density at radius 2 is 2.19 bits per heavy atom. The number of methoxy groups -OCH3 is 1. The average molecular weight is 238 g/mol. The summed E-state index contributed by atoms with van der Waals surface area (Å²) in [6.07, 6.45) is 0. The van der Waals surface area contributed by atoms with Crippen molar-refractivity contribution in [3.63, 3.8) is 0 Å². The largest absolute Gasteiger partial charge is 0.495 e. The van der Waals surface area contributed by atoms with Gasteiger partial charge in [0, 0.05) is 18.0 Å². The number of hydrogen-bond acceptors (Lipinski definition) is 2. The molecule has 0 atom stereocenters. The Labute approximate surface area is 98.2 Å². The van der Waals surface area contributed by atoms with Crippen LogP contribution in [0.3, 0.4) is 0 Å². The lowest BCUT2D eigenvalue weighted by Gasteiger charge is -2.10. The molecule has 0 saturated carbocycles. The standard InChI is InChI=1S/C12H12ClNO2/c1-14-11-8(4-3-5-10(11)16-2)6-9(7-13)12(14)15/h3-6H,7H2,1-2H3. The van der Waals surface area contributed by atoms with Gasteiger partial charge in [-0.15, -0.1) is 11.6 Å². The van der Waals surface area contributed by atoms with E-state index >= 15 is 0 Å². The lowest BCUT2D eigenvalue weighted by atomic mass is 10.1. The summed E-state index contributed by atoms with van der Waals surface area (Å²) >= 11 is 5.73. The first kappa shape index (κ1) is 11.0. The van der Waals surface area contributed by atoms with Crippen molar-refractivity contribution in [1.29, 1.82) is 0 Å². The molecule has 1 aromatic heterocycles. The van der Waals surface area contributed by atoms with E-state index in [1.807, 2.05) is 24.3 Å². The maximum Gasteiger partial charge on any atom is 0.255 e. The van der Waals surface area contributed by atoms with Crippen LogP contribution >= 0.6 is 11.6 Å². The summed E-state index contributed by atoms with van der Waals surface area (Å²) in [4.78, 5) is 11.9. The van der Waals surface area contributed by atoms with Crippen LogP contribution in [0, 0.1) is 0 Å². The predicted octanol–water partition coefficient (Wildman–Crippen LogP) is 2.29. The smallest absolute Gasteiger partial charge is 0.255 e. The summed E-state index contributed by atoms with van der Waals surface area (Å²) in [5, 5.41) is 0.956. The first-order chi connectivity index (χ1) is 7.69. The number of hydrogen-bond donors (Lipinski definition) is 0. The molecule has 0 N–H and O–H groups in total. The van der Waals surface area contributed by atoms with Crippen LogP contribution in [0.2, 0.25) is 0 Å². The van der Waals surface area contributed by atoms with Gasteiger partial charge in [-0.05, 0) is 12.1 Å². The summed E-state index contributed by atoms with van der Waals surface area (Å²) in [6.45, 7) is 0. The van der Waals surface area contributed by atoms with Gasteiger partial charge in [0.25, 0.3) is 5.56 Å². The van der Waals surface area contributed by atoms with Crippen LogP contribution in [0.5, 0.6) is 5.75 Å². The van der Waals surface area contributed by atoms with Crippen molar-refractivity contribution in [1.82, 2.24) is 4.57 Å². The topological polar surface area (TPSA) is 31.2 Å². The van der Waals surface area contributed by atoms with Crippen molar-refractivity contribution in [2.45, 2.75) is 5.88 Å². The van der Waals surface area contributed by atoms with Gasteiger partial charge in [-0.2, -0.15) is 0 Å². The first-order valence-corrected chi connectivity index (χ1v) is 5.44. The molecule has 0 aliphatic rings. The van der Waals surface area contributed by atoms with E-state index in [1.54, 1.807) is 18.7 Å². The number of aromatic nitrogens is 1. The third kappa shape index (κ3) is 1.57.